The highest BCUT2D eigenvalue weighted by Gasteiger charge is 2.14. The third kappa shape index (κ3) is 1.69. The summed E-state index contributed by atoms with van der Waals surface area (Å²) in [4.78, 5) is 0. The fourth-order valence-corrected chi connectivity index (χ4v) is 1.58. The summed E-state index contributed by atoms with van der Waals surface area (Å²) in [5.74, 6) is -0.857. The third-order valence-electron chi connectivity index (χ3n) is 2.22. The minimum Gasteiger partial charge on any atom is -0.504 e. The number of aryl methyl sites for hydroxylation is 1. The number of nitrogens with zero attached hydrogens (tertiary/aromatic N) is 2. The number of phenols is 1. The molecule has 0 aliphatic rings. The molecule has 4 nitrogen and oxygen atoms in total. The van der Waals surface area contributed by atoms with Crippen LogP contribution >= 0.6 is 11.6 Å². The molecule has 0 saturated heterocycles. The van der Waals surface area contributed by atoms with Crippen molar-refractivity contribution in [2.75, 3.05) is 5.73 Å². The van der Waals surface area contributed by atoms with Gasteiger partial charge in [-0.25, -0.2) is 4.39 Å². The van der Waals surface area contributed by atoms with Crippen molar-refractivity contribution < 1.29 is 9.50 Å². The van der Waals surface area contributed by atoms with Gasteiger partial charge in [0.1, 0.15) is 5.82 Å². The van der Waals surface area contributed by atoms with Crippen LogP contribution in [-0.2, 0) is 7.05 Å². The lowest BCUT2D eigenvalue weighted by Gasteiger charge is -2.03. The van der Waals surface area contributed by atoms with Gasteiger partial charge < -0.3 is 10.8 Å². The van der Waals surface area contributed by atoms with Crippen molar-refractivity contribution in [3.05, 3.63) is 29.0 Å². The van der Waals surface area contributed by atoms with E-state index in [1.807, 2.05) is 0 Å². The third-order valence-corrected chi connectivity index (χ3v) is 2.44. The maximum Gasteiger partial charge on any atom is 0.167 e. The van der Waals surface area contributed by atoms with Crippen LogP contribution < -0.4 is 5.73 Å². The van der Waals surface area contributed by atoms with Crippen LogP contribution in [0, 0.1) is 5.82 Å². The summed E-state index contributed by atoms with van der Waals surface area (Å²) >= 11 is 5.70. The molecular weight excluding hydrogens is 233 g/mol. The lowest BCUT2D eigenvalue weighted by molar-refractivity contribution is 0.434. The molecule has 3 N–H and O–H groups in total. The second kappa shape index (κ2) is 3.68. The Morgan fingerprint density at radius 2 is 2.12 bits per heavy atom. The first-order valence-corrected chi connectivity index (χ1v) is 4.84. The Hall–Kier alpha value is -1.75. The largest absolute Gasteiger partial charge is 0.504 e. The van der Waals surface area contributed by atoms with E-state index in [9.17, 15) is 9.50 Å². The van der Waals surface area contributed by atoms with E-state index in [1.54, 1.807) is 7.05 Å². The number of halogens is 2. The number of hydrogen-bond donors (Lipinski definition) is 2. The van der Waals surface area contributed by atoms with Crippen LogP contribution in [0.5, 0.6) is 5.75 Å². The van der Waals surface area contributed by atoms with Gasteiger partial charge in [0.25, 0.3) is 0 Å². The van der Waals surface area contributed by atoms with Gasteiger partial charge in [0.15, 0.2) is 11.6 Å². The topological polar surface area (TPSA) is 64.1 Å². The number of nitrogens with two attached hydrogens (primary N) is 1. The molecule has 1 aromatic heterocycles. The molecule has 1 heterocycles. The molecule has 0 bridgehead atoms. The van der Waals surface area contributed by atoms with E-state index >= 15 is 0 Å². The first kappa shape index (κ1) is 10.8. The zero-order chi connectivity index (χ0) is 11.9. The van der Waals surface area contributed by atoms with E-state index < -0.39 is 11.6 Å². The van der Waals surface area contributed by atoms with Crippen LogP contribution in [0.25, 0.3) is 11.3 Å². The molecule has 0 saturated carbocycles. The Balaban J connectivity index is 2.63. The van der Waals surface area contributed by atoms with Crippen LogP contribution in [0.1, 0.15) is 0 Å². The minimum absolute atomic E-state index is 0.189. The van der Waals surface area contributed by atoms with E-state index in [-0.39, 0.29) is 10.6 Å². The van der Waals surface area contributed by atoms with Gasteiger partial charge in [0.2, 0.25) is 0 Å². The van der Waals surface area contributed by atoms with Crippen LogP contribution in [0.15, 0.2) is 18.2 Å². The maximum atomic E-state index is 13.2. The van der Waals surface area contributed by atoms with Gasteiger partial charge in [0.05, 0.1) is 5.69 Å². The maximum absolute atomic E-state index is 13.2. The first-order chi connectivity index (χ1) is 7.49. The Kier molecular flexibility index (Phi) is 2.47. The van der Waals surface area contributed by atoms with E-state index in [1.165, 1.54) is 16.8 Å². The van der Waals surface area contributed by atoms with E-state index in [2.05, 4.69) is 5.10 Å². The average Bonchev–Trinajstić information content (AvgIpc) is 2.53. The zero-order valence-corrected chi connectivity index (χ0v) is 9.16. The van der Waals surface area contributed by atoms with Gasteiger partial charge in [-0.2, -0.15) is 5.10 Å². The second-order valence-corrected chi connectivity index (χ2v) is 3.80. The van der Waals surface area contributed by atoms with Crippen molar-refractivity contribution in [1.29, 1.82) is 0 Å². The molecule has 6 heteroatoms. The summed E-state index contributed by atoms with van der Waals surface area (Å²) in [6.45, 7) is 0. The average molecular weight is 242 g/mol. The van der Waals surface area contributed by atoms with Gasteiger partial charge in [-0.1, -0.05) is 11.6 Å². The van der Waals surface area contributed by atoms with Gasteiger partial charge >= 0.3 is 0 Å². The summed E-state index contributed by atoms with van der Waals surface area (Å²) in [6, 6.07) is 4.00. The number of benzene rings is 1. The fraction of sp³-hybridized carbons (Fsp3) is 0.100. The number of anilines is 1. The molecule has 0 unspecified atom stereocenters. The predicted octanol–water partition coefficient (Wildman–Crippen LogP) is 2.17. The summed E-state index contributed by atoms with van der Waals surface area (Å²) in [7, 11) is 1.65. The first-order valence-electron chi connectivity index (χ1n) is 4.47. The predicted molar refractivity (Wildman–Crippen MR) is 59.7 cm³/mol. The molecule has 84 valence electrons. The molecule has 0 amide bonds. The SMILES string of the molecule is Cn1nc(-c2cc(Cl)cc(F)c2O)cc1N. The van der Waals surface area contributed by atoms with Crippen molar-refractivity contribution in [2.45, 2.75) is 0 Å². The monoisotopic (exact) mass is 241 g/mol. The molecule has 1 aromatic carbocycles. The Morgan fingerprint density at radius 1 is 1.44 bits per heavy atom. The van der Waals surface area contributed by atoms with Gasteiger partial charge in [-0.05, 0) is 12.1 Å². The normalized spacial score (nSPS) is 10.7. The number of nitrogen functional groups attached to an aromatic ring is 1. The van der Waals surface area contributed by atoms with Crippen LogP contribution in [0.2, 0.25) is 5.02 Å². The molecule has 2 aromatic rings. The Labute approximate surface area is 96.1 Å². The van der Waals surface area contributed by atoms with E-state index in [0.29, 0.717) is 11.5 Å². The highest BCUT2D eigenvalue weighted by Crippen LogP contribution is 2.33. The van der Waals surface area contributed by atoms with Crippen molar-refractivity contribution in [3.63, 3.8) is 0 Å². The Bertz CT molecular complexity index is 534. The van der Waals surface area contributed by atoms with Crippen molar-refractivity contribution in [1.82, 2.24) is 9.78 Å². The number of aromatic nitrogens is 2. The summed E-state index contributed by atoms with van der Waals surface area (Å²) in [6.07, 6.45) is 0. The quantitative estimate of drug-likeness (QED) is 0.804. The number of hydrogen-bond acceptors (Lipinski definition) is 3. The Morgan fingerprint density at radius 3 is 2.69 bits per heavy atom. The molecule has 0 radical (unpaired) electrons. The molecule has 0 aliphatic heterocycles. The lowest BCUT2D eigenvalue weighted by Crippen LogP contribution is -1.96. The molecule has 0 fully saturated rings. The van der Waals surface area contributed by atoms with Gasteiger partial charge in [-0.3, -0.25) is 4.68 Å². The molecular formula is C10H9ClFN3O. The fourth-order valence-electron chi connectivity index (χ4n) is 1.37. The standard InChI is InChI=1S/C10H9ClFN3O/c1-15-9(13)4-8(14-15)6-2-5(11)3-7(12)10(6)16/h2-4,16H,13H2,1H3. The summed E-state index contributed by atoms with van der Waals surface area (Å²) < 4.78 is 14.7. The van der Waals surface area contributed by atoms with Crippen molar-refractivity contribution in [3.8, 4) is 17.0 Å². The smallest absolute Gasteiger partial charge is 0.167 e. The van der Waals surface area contributed by atoms with Crippen LogP contribution in [0.3, 0.4) is 0 Å². The van der Waals surface area contributed by atoms with Crippen molar-refractivity contribution in [2.24, 2.45) is 7.05 Å². The van der Waals surface area contributed by atoms with Gasteiger partial charge in [-0.15, -0.1) is 0 Å². The van der Waals surface area contributed by atoms with Crippen molar-refractivity contribution >= 4 is 17.4 Å². The highest BCUT2D eigenvalue weighted by molar-refractivity contribution is 6.31. The minimum atomic E-state index is -0.785. The summed E-state index contributed by atoms with van der Waals surface area (Å²) in [5.41, 5.74) is 6.19. The highest BCUT2D eigenvalue weighted by atomic mass is 35.5. The zero-order valence-electron chi connectivity index (χ0n) is 8.41. The number of rotatable bonds is 1. The molecule has 0 spiro atoms. The van der Waals surface area contributed by atoms with Crippen LogP contribution in [0.4, 0.5) is 10.2 Å². The summed E-state index contributed by atoms with van der Waals surface area (Å²) in [5, 5.41) is 13.8. The molecule has 0 atom stereocenters. The number of aromatic hydroxyl groups is 1. The molecule has 16 heavy (non-hydrogen) atoms. The molecule has 2 rings (SSSR count). The second-order valence-electron chi connectivity index (χ2n) is 3.36. The van der Waals surface area contributed by atoms with Crippen LogP contribution in [-0.4, -0.2) is 14.9 Å². The van der Waals surface area contributed by atoms with E-state index in [0.717, 1.165) is 6.07 Å². The van der Waals surface area contributed by atoms with E-state index in [4.69, 9.17) is 17.3 Å². The molecule has 0 aliphatic carbocycles. The van der Waals surface area contributed by atoms with Gasteiger partial charge in [0, 0.05) is 23.7 Å². The lowest BCUT2D eigenvalue weighted by atomic mass is 10.1. The number of phenolic OH excluding ortho intramolecular Hbond substituents is 1.